The molecule has 0 aliphatic carbocycles. The van der Waals surface area contributed by atoms with Crippen molar-refractivity contribution in [2.24, 2.45) is 0 Å². The third kappa shape index (κ3) is 3.90. The van der Waals surface area contributed by atoms with E-state index in [2.05, 4.69) is 35.0 Å². The highest BCUT2D eigenvalue weighted by atomic mass is 16.7. The first-order valence-electron chi connectivity index (χ1n) is 7.85. The second-order valence-corrected chi connectivity index (χ2v) is 5.58. The Morgan fingerprint density at radius 3 is 2.77 bits per heavy atom. The summed E-state index contributed by atoms with van der Waals surface area (Å²) in [5.41, 5.74) is 2.41. The molecule has 1 fully saturated rings. The molecule has 4 nitrogen and oxygen atoms in total. The predicted molar refractivity (Wildman–Crippen MR) is 84.9 cm³/mol. The topological polar surface area (TPSA) is 32.6 Å². The van der Waals surface area contributed by atoms with Gasteiger partial charge in [-0.3, -0.25) is 0 Å². The molecule has 1 saturated heterocycles. The van der Waals surface area contributed by atoms with Crippen LogP contribution < -0.4 is 4.74 Å². The molecule has 22 heavy (non-hydrogen) atoms. The zero-order valence-electron chi connectivity index (χ0n) is 13.0. The second kappa shape index (κ2) is 7.47. The lowest BCUT2D eigenvalue weighted by atomic mass is 10.2. The van der Waals surface area contributed by atoms with Crippen molar-refractivity contribution in [3.63, 3.8) is 0 Å². The summed E-state index contributed by atoms with van der Waals surface area (Å²) in [5, 5.41) is 0. The smallest absolute Gasteiger partial charge is 0.158 e. The number of rotatable bonds is 6. The molecule has 3 rings (SSSR count). The Morgan fingerprint density at radius 1 is 1.18 bits per heavy atom. The number of aromatic nitrogens is 1. The summed E-state index contributed by atoms with van der Waals surface area (Å²) in [6, 6.07) is 12.3. The zero-order chi connectivity index (χ0) is 15.2. The average molecular weight is 301 g/mol. The van der Waals surface area contributed by atoms with E-state index in [0.717, 1.165) is 31.7 Å². The largest absolute Gasteiger partial charge is 0.497 e. The van der Waals surface area contributed by atoms with Gasteiger partial charge in [0.15, 0.2) is 6.29 Å². The summed E-state index contributed by atoms with van der Waals surface area (Å²) in [7, 11) is 1.68. The van der Waals surface area contributed by atoms with Crippen LogP contribution >= 0.6 is 0 Å². The van der Waals surface area contributed by atoms with Crippen molar-refractivity contribution >= 4 is 0 Å². The first-order valence-corrected chi connectivity index (χ1v) is 7.85. The maximum absolute atomic E-state index is 5.88. The molecule has 1 aromatic carbocycles. The molecule has 1 atom stereocenters. The molecule has 0 saturated carbocycles. The highest BCUT2D eigenvalue weighted by molar-refractivity contribution is 5.27. The van der Waals surface area contributed by atoms with Gasteiger partial charge in [0, 0.05) is 25.0 Å². The minimum atomic E-state index is -0.0434. The minimum Gasteiger partial charge on any atom is -0.497 e. The Labute approximate surface area is 131 Å². The molecule has 0 amide bonds. The van der Waals surface area contributed by atoms with Gasteiger partial charge in [0.05, 0.1) is 13.7 Å². The first kappa shape index (κ1) is 15.1. The van der Waals surface area contributed by atoms with E-state index in [1.54, 1.807) is 7.11 Å². The highest BCUT2D eigenvalue weighted by Gasteiger charge is 2.14. The van der Waals surface area contributed by atoms with E-state index in [-0.39, 0.29) is 6.29 Å². The van der Waals surface area contributed by atoms with Crippen LogP contribution in [-0.2, 0) is 22.6 Å². The fourth-order valence-electron chi connectivity index (χ4n) is 2.68. The molecule has 0 bridgehead atoms. The lowest BCUT2D eigenvalue weighted by Gasteiger charge is -2.23. The lowest BCUT2D eigenvalue weighted by molar-refractivity contribution is -0.169. The van der Waals surface area contributed by atoms with Crippen molar-refractivity contribution in [3.8, 4) is 5.75 Å². The minimum absolute atomic E-state index is 0.0434. The van der Waals surface area contributed by atoms with E-state index in [1.165, 1.54) is 17.7 Å². The molecule has 0 spiro atoms. The summed E-state index contributed by atoms with van der Waals surface area (Å²) in [6.45, 7) is 2.24. The van der Waals surface area contributed by atoms with Gasteiger partial charge in [-0.2, -0.15) is 0 Å². The summed E-state index contributed by atoms with van der Waals surface area (Å²) in [5.74, 6) is 0.884. The fourth-order valence-corrected chi connectivity index (χ4v) is 2.68. The lowest BCUT2D eigenvalue weighted by Crippen LogP contribution is -2.22. The van der Waals surface area contributed by atoms with E-state index >= 15 is 0 Å². The molecule has 1 aliphatic heterocycles. The molecule has 118 valence electrons. The Morgan fingerprint density at radius 2 is 2.05 bits per heavy atom. The van der Waals surface area contributed by atoms with Crippen molar-refractivity contribution in [1.82, 2.24) is 4.57 Å². The molecule has 2 aromatic rings. The van der Waals surface area contributed by atoms with Gasteiger partial charge in [-0.15, -0.1) is 0 Å². The summed E-state index contributed by atoms with van der Waals surface area (Å²) < 4.78 is 18.9. The van der Waals surface area contributed by atoms with Gasteiger partial charge in [0.2, 0.25) is 0 Å². The van der Waals surface area contributed by atoms with Crippen LogP contribution in [0.1, 0.15) is 30.5 Å². The van der Waals surface area contributed by atoms with Gasteiger partial charge in [-0.25, -0.2) is 0 Å². The number of nitrogens with zero attached hydrogens (tertiary/aromatic N) is 1. The SMILES string of the molecule is COc1ccc(Cn2cccc2COC2CCCCO2)cc1. The molecule has 1 unspecified atom stereocenters. The molecular weight excluding hydrogens is 278 g/mol. The molecule has 0 radical (unpaired) electrons. The van der Waals surface area contributed by atoms with Crippen LogP contribution in [0, 0.1) is 0 Å². The third-order valence-corrected chi connectivity index (χ3v) is 3.99. The van der Waals surface area contributed by atoms with Gasteiger partial charge in [-0.1, -0.05) is 12.1 Å². The monoisotopic (exact) mass is 301 g/mol. The van der Waals surface area contributed by atoms with E-state index < -0.39 is 0 Å². The second-order valence-electron chi connectivity index (χ2n) is 5.58. The van der Waals surface area contributed by atoms with Crippen molar-refractivity contribution in [2.75, 3.05) is 13.7 Å². The maximum Gasteiger partial charge on any atom is 0.158 e. The molecular formula is C18H23NO3. The highest BCUT2D eigenvalue weighted by Crippen LogP contribution is 2.17. The van der Waals surface area contributed by atoms with Crippen molar-refractivity contribution in [3.05, 3.63) is 53.9 Å². The van der Waals surface area contributed by atoms with Crippen molar-refractivity contribution in [2.45, 2.75) is 38.7 Å². The number of ether oxygens (including phenoxy) is 3. The van der Waals surface area contributed by atoms with Crippen LogP contribution in [0.25, 0.3) is 0 Å². The number of hydrogen-bond acceptors (Lipinski definition) is 3. The van der Waals surface area contributed by atoms with Crippen molar-refractivity contribution < 1.29 is 14.2 Å². The molecule has 0 N–H and O–H groups in total. The third-order valence-electron chi connectivity index (χ3n) is 3.99. The molecule has 2 heterocycles. The maximum atomic E-state index is 5.88. The zero-order valence-corrected chi connectivity index (χ0v) is 13.0. The molecule has 4 heteroatoms. The van der Waals surface area contributed by atoms with Gasteiger partial charge in [0.25, 0.3) is 0 Å². The Balaban J connectivity index is 1.58. The normalized spacial score (nSPS) is 18.3. The van der Waals surface area contributed by atoms with Crippen LogP contribution in [0.3, 0.4) is 0 Å². The van der Waals surface area contributed by atoms with E-state index in [1.807, 2.05) is 12.1 Å². The van der Waals surface area contributed by atoms with Crippen LogP contribution in [0.4, 0.5) is 0 Å². The quantitative estimate of drug-likeness (QED) is 0.817. The summed E-state index contributed by atoms with van der Waals surface area (Å²) in [4.78, 5) is 0. The number of hydrogen-bond donors (Lipinski definition) is 0. The summed E-state index contributed by atoms with van der Waals surface area (Å²) >= 11 is 0. The van der Waals surface area contributed by atoms with Crippen LogP contribution in [-0.4, -0.2) is 24.6 Å². The number of benzene rings is 1. The van der Waals surface area contributed by atoms with E-state index in [4.69, 9.17) is 14.2 Å². The van der Waals surface area contributed by atoms with E-state index in [0.29, 0.717) is 6.61 Å². The van der Waals surface area contributed by atoms with Gasteiger partial charge in [0.1, 0.15) is 5.75 Å². The van der Waals surface area contributed by atoms with Crippen LogP contribution in [0.5, 0.6) is 5.75 Å². The number of methoxy groups -OCH3 is 1. The van der Waals surface area contributed by atoms with Gasteiger partial charge in [-0.05, 0) is 49.1 Å². The Kier molecular flexibility index (Phi) is 5.14. The molecule has 1 aliphatic rings. The predicted octanol–water partition coefficient (Wildman–Crippen LogP) is 3.59. The van der Waals surface area contributed by atoms with Gasteiger partial charge >= 0.3 is 0 Å². The average Bonchev–Trinajstić information content (AvgIpc) is 3.02. The van der Waals surface area contributed by atoms with E-state index in [9.17, 15) is 0 Å². The first-order chi connectivity index (χ1) is 10.8. The fraction of sp³-hybridized carbons (Fsp3) is 0.444. The standard InChI is InChI=1S/C18H23NO3/c1-20-17-9-7-15(8-10-17)13-19-11-4-5-16(19)14-22-18-6-2-3-12-21-18/h4-5,7-11,18H,2-3,6,12-14H2,1H3. The van der Waals surface area contributed by atoms with Crippen LogP contribution in [0.15, 0.2) is 42.6 Å². The Hall–Kier alpha value is -1.78. The Bertz CT molecular complexity index is 570. The van der Waals surface area contributed by atoms with Crippen molar-refractivity contribution in [1.29, 1.82) is 0 Å². The molecule has 1 aromatic heterocycles. The van der Waals surface area contributed by atoms with Crippen LogP contribution in [0.2, 0.25) is 0 Å². The summed E-state index contributed by atoms with van der Waals surface area (Å²) in [6.07, 6.45) is 5.38. The van der Waals surface area contributed by atoms with Gasteiger partial charge < -0.3 is 18.8 Å².